The lowest BCUT2D eigenvalue weighted by Crippen LogP contribution is -2.15. The third kappa shape index (κ3) is 4.63. The second kappa shape index (κ2) is 10.1. The average Bonchev–Trinajstić information content (AvgIpc) is 3.32. The standard InChI is InChI=1S/C30H24N2O3S/c1-3-35-30(34)27-24(20-15-13-19(2)14-16-20)18-36-29(27)32-28(33)23-17-26(21-9-5-4-6-10-21)31-25-12-8-7-11-22(23)25/h4-18H,3H2,1-2H3,(H,32,33). The summed E-state index contributed by atoms with van der Waals surface area (Å²) < 4.78 is 5.35. The number of nitrogens with zero attached hydrogens (tertiary/aromatic N) is 1. The van der Waals surface area contributed by atoms with Crippen molar-refractivity contribution in [2.24, 2.45) is 0 Å². The quantitative estimate of drug-likeness (QED) is 0.251. The summed E-state index contributed by atoms with van der Waals surface area (Å²) in [4.78, 5) is 31.4. The molecule has 5 nitrogen and oxygen atoms in total. The van der Waals surface area contributed by atoms with Crippen LogP contribution in [-0.2, 0) is 4.74 Å². The second-order valence-electron chi connectivity index (χ2n) is 8.33. The number of rotatable bonds is 6. The molecule has 0 fully saturated rings. The summed E-state index contributed by atoms with van der Waals surface area (Å²) in [6.07, 6.45) is 0. The SMILES string of the molecule is CCOC(=O)c1c(-c2ccc(C)cc2)csc1NC(=O)c1cc(-c2ccccc2)nc2ccccc12. The lowest BCUT2D eigenvalue weighted by atomic mass is 10.0. The van der Waals surface area contributed by atoms with Crippen LogP contribution in [-0.4, -0.2) is 23.5 Å². The van der Waals surface area contributed by atoms with Crippen molar-refractivity contribution in [2.45, 2.75) is 13.8 Å². The predicted molar refractivity (Wildman–Crippen MR) is 146 cm³/mol. The van der Waals surface area contributed by atoms with Gasteiger partial charge in [0.15, 0.2) is 0 Å². The first kappa shape index (κ1) is 23.5. The van der Waals surface area contributed by atoms with Crippen molar-refractivity contribution in [3.63, 3.8) is 0 Å². The van der Waals surface area contributed by atoms with Gasteiger partial charge < -0.3 is 10.1 Å². The molecule has 0 atom stereocenters. The molecule has 0 radical (unpaired) electrons. The number of aryl methyl sites for hydroxylation is 1. The van der Waals surface area contributed by atoms with E-state index in [1.54, 1.807) is 13.0 Å². The Bertz CT molecular complexity index is 1560. The summed E-state index contributed by atoms with van der Waals surface area (Å²) in [5, 5.41) is 6.06. The van der Waals surface area contributed by atoms with Crippen LogP contribution in [0.4, 0.5) is 5.00 Å². The van der Waals surface area contributed by atoms with Gasteiger partial charge in [0, 0.05) is 21.9 Å². The van der Waals surface area contributed by atoms with Gasteiger partial charge in [0.1, 0.15) is 10.6 Å². The van der Waals surface area contributed by atoms with Crippen molar-refractivity contribution >= 4 is 39.1 Å². The fraction of sp³-hybridized carbons (Fsp3) is 0.100. The van der Waals surface area contributed by atoms with Crippen molar-refractivity contribution in [3.8, 4) is 22.4 Å². The third-order valence-electron chi connectivity index (χ3n) is 5.89. The molecule has 36 heavy (non-hydrogen) atoms. The van der Waals surface area contributed by atoms with Crippen LogP contribution in [0.15, 0.2) is 90.3 Å². The largest absolute Gasteiger partial charge is 0.462 e. The van der Waals surface area contributed by atoms with Gasteiger partial charge in [-0.15, -0.1) is 11.3 Å². The number of hydrogen-bond donors (Lipinski definition) is 1. The van der Waals surface area contributed by atoms with Crippen LogP contribution < -0.4 is 5.32 Å². The van der Waals surface area contributed by atoms with Crippen molar-refractivity contribution in [3.05, 3.63) is 107 Å². The van der Waals surface area contributed by atoms with E-state index in [1.807, 2.05) is 91.2 Å². The molecule has 5 rings (SSSR count). The van der Waals surface area contributed by atoms with Crippen molar-refractivity contribution in [1.29, 1.82) is 0 Å². The second-order valence-corrected chi connectivity index (χ2v) is 9.21. The number of esters is 1. The molecule has 0 saturated heterocycles. The van der Waals surface area contributed by atoms with Crippen LogP contribution >= 0.6 is 11.3 Å². The molecule has 0 spiro atoms. The Morgan fingerprint density at radius 3 is 2.39 bits per heavy atom. The molecule has 3 aromatic carbocycles. The van der Waals surface area contributed by atoms with Gasteiger partial charge in [0.2, 0.25) is 0 Å². The van der Waals surface area contributed by atoms with Gasteiger partial charge in [-0.05, 0) is 31.5 Å². The summed E-state index contributed by atoms with van der Waals surface area (Å²) in [5.74, 6) is -0.775. The Morgan fingerprint density at radius 2 is 1.64 bits per heavy atom. The van der Waals surface area contributed by atoms with Gasteiger partial charge in [-0.25, -0.2) is 9.78 Å². The Labute approximate surface area is 213 Å². The van der Waals surface area contributed by atoms with Crippen molar-refractivity contribution < 1.29 is 14.3 Å². The number of fused-ring (bicyclic) bond motifs is 1. The molecular weight excluding hydrogens is 468 g/mol. The summed E-state index contributed by atoms with van der Waals surface area (Å²) >= 11 is 1.31. The highest BCUT2D eigenvalue weighted by Gasteiger charge is 2.24. The van der Waals surface area contributed by atoms with E-state index < -0.39 is 5.97 Å². The van der Waals surface area contributed by atoms with E-state index in [2.05, 4.69) is 5.32 Å². The molecule has 2 aromatic heterocycles. The van der Waals surface area contributed by atoms with E-state index in [-0.39, 0.29) is 12.5 Å². The average molecular weight is 493 g/mol. The molecule has 178 valence electrons. The van der Waals surface area contributed by atoms with Crippen LogP contribution in [0.2, 0.25) is 0 Å². The Kier molecular flexibility index (Phi) is 6.60. The summed E-state index contributed by atoms with van der Waals surface area (Å²) in [6.45, 7) is 4.02. The van der Waals surface area contributed by atoms with Gasteiger partial charge >= 0.3 is 5.97 Å². The zero-order valence-electron chi connectivity index (χ0n) is 19.9. The summed E-state index contributed by atoms with van der Waals surface area (Å²) in [7, 11) is 0. The predicted octanol–water partition coefficient (Wildman–Crippen LogP) is 7.37. The lowest BCUT2D eigenvalue weighted by Gasteiger charge is -2.12. The Morgan fingerprint density at radius 1 is 0.917 bits per heavy atom. The molecule has 0 aliphatic rings. The van der Waals surface area contributed by atoms with E-state index in [1.165, 1.54) is 11.3 Å². The molecule has 6 heteroatoms. The van der Waals surface area contributed by atoms with Crippen LogP contribution in [0.3, 0.4) is 0 Å². The topological polar surface area (TPSA) is 68.3 Å². The fourth-order valence-corrected chi connectivity index (χ4v) is 5.04. The molecule has 0 bridgehead atoms. The maximum atomic E-state index is 13.7. The number of ether oxygens (including phenoxy) is 1. The van der Waals surface area contributed by atoms with Gasteiger partial charge in [0.25, 0.3) is 5.91 Å². The molecule has 2 heterocycles. The number of benzene rings is 3. The maximum Gasteiger partial charge on any atom is 0.341 e. The van der Waals surface area contributed by atoms with Crippen LogP contribution in [0.1, 0.15) is 33.2 Å². The van der Waals surface area contributed by atoms with E-state index in [9.17, 15) is 9.59 Å². The smallest absolute Gasteiger partial charge is 0.341 e. The fourth-order valence-electron chi connectivity index (χ4n) is 4.09. The molecule has 5 aromatic rings. The summed E-state index contributed by atoms with van der Waals surface area (Å²) in [5.41, 5.74) is 5.94. The minimum Gasteiger partial charge on any atom is -0.462 e. The van der Waals surface area contributed by atoms with Gasteiger partial charge in [-0.1, -0.05) is 78.4 Å². The number of anilines is 1. The Hall–Kier alpha value is -4.29. The van der Waals surface area contributed by atoms with Crippen LogP contribution in [0, 0.1) is 6.92 Å². The normalized spacial score (nSPS) is 10.8. The molecule has 0 saturated carbocycles. The minimum atomic E-state index is -0.464. The number of thiophene rings is 1. The molecule has 1 amide bonds. The zero-order chi connectivity index (χ0) is 25.1. The number of amides is 1. The highest BCUT2D eigenvalue weighted by atomic mass is 32.1. The first-order valence-electron chi connectivity index (χ1n) is 11.7. The number of pyridine rings is 1. The number of carbonyl (C=O) groups is 2. The monoisotopic (exact) mass is 492 g/mol. The number of aromatic nitrogens is 1. The highest BCUT2D eigenvalue weighted by molar-refractivity contribution is 7.15. The lowest BCUT2D eigenvalue weighted by molar-refractivity contribution is 0.0529. The van der Waals surface area contributed by atoms with Crippen LogP contribution in [0.5, 0.6) is 0 Å². The minimum absolute atomic E-state index is 0.241. The Balaban J connectivity index is 1.58. The van der Waals surface area contributed by atoms with Crippen LogP contribution in [0.25, 0.3) is 33.3 Å². The van der Waals surface area contributed by atoms with E-state index in [4.69, 9.17) is 9.72 Å². The molecule has 0 aliphatic heterocycles. The summed E-state index contributed by atoms with van der Waals surface area (Å²) in [6, 6.07) is 27.0. The number of nitrogens with one attached hydrogen (secondary N) is 1. The molecule has 1 N–H and O–H groups in total. The molecular formula is C30H24N2O3S. The third-order valence-corrected chi connectivity index (χ3v) is 6.79. The number of para-hydroxylation sites is 1. The molecule has 0 unspecified atom stereocenters. The first-order chi connectivity index (χ1) is 17.5. The first-order valence-corrected chi connectivity index (χ1v) is 12.6. The van der Waals surface area contributed by atoms with E-state index in [0.29, 0.717) is 21.8 Å². The zero-order valence-corrected chi connectivity index (χ0v) is 20.8. The van der Waals surface area contributed by atoms with E-state index >= 15 is 0 Å². The van der Waals surface area contributed by atoms with Crippen molar-refractivity contribution in [1.82, 2.24) is 4.98 Å². The van der Waals surface area contributed by atoms with E-state index in [0.717, 1.165) is 33.2 Å². The van der Waals surface area contributed by atoms with Gasteiger partial charge in [-0.2, -0.15) is 0 Å². The van der Waals surface area contributed by atoms with Gasteiger partial charge in [0.05, 0.1) is 23.4 Å². The highest BCUT2D eigenvalue weighted by Crippen LogP contribution is 2.37. The van der Waals surface area contributed by atoms with Gasteiger partial charge in [-0.3, -0.25) is 4.79 Å². The van der Waals surface area contributed by atoms with Crippen molar-refractivity contribution in [2.75, 3.05) is 11.9 Å². The molecule has 0 aliphatic carbocycles. The maximum absolute atomic E-state index is 13.7. The number of hydrogen-bond acceptors (Lipinski definition) is 5. The number of carbonyl (C=O) groups excluding carboxylic acids is 2.